The first-order chi connectivity index (χ1) is 8.33. The van der Waals surface area contributed by atoms with Crippen LogP contribution in [0.5, 0.6) is 0 Å². The molecular weight excluding hydrogens is 222 g/mol. The summed E-state index contributed by atoms with van der Waals surface area (Å²) in [5, 5.41) is 10.8. The Balaban J connectivity index is 3.02. The fourth-order valence-electron chi connectivity index (χ4n) is 3.87. The molecule has 18 heavy (non-hydrogen) atoms. The summed E-state index contributed by atoms with van der Waals surface area (Å²) >= 11 is 0. The number of rotatable bonds is 5. The fourth-order valence-corrected chi connectivity index (χ4v) is 3.87. The van der Waals surface area contributed by atoms with Gasteiger partial charge in [0, 0.05) is 6.42 Å². The summed E-state index contributed by atoms with van der Waals surface area (Å²) < 4.78 is 1.04. The lowest BCUT2D eigenvalue weighted by Crippen LogP contribution is -2.65. The van der Waals surface area contributed by atoms with E-state index >= 15 is 0 Å². The van der Waals surface area contributed by atoms with E-state index < -0.39 is 5.60 Å². The molecule has 2 nitrogen and oxygen atoms in total. The fraction of sp³-hybridized carbons (Fsp3) is 0.875. The van der Waals surface area contributed by atoms with Crippen LogP contribution in [0.2, 0.25) is 0 Å². The maximum Gasteiger partial charge on any atom is 0.118 e. The van der Waals surface area contributed by atoms with E-state index in [2.05, 4.69) is 34.3 Å². The van der Waals surface area contributed by atoms with Crippen molar-refractivity contribution in [3.8, 4) is 0 Å². The van der Waals surface area contributed by atoms with Gasteiger partial charge in [-0.1, -0.05) is 12.2 Å². The molecule has 1 aliphatic carbocycles. The van der Waals surface area contributed by atoms with Crippen LogP contribution >= 0.6 is 0 Å². The van der Waals surface area contributed by atoms with Gasteiger partial charge in [0.15, 0.2) is 0 Å². The van der Waals surface area contributed by atoms with Crippen LogP contribution < -0.4 is 0 Å². The van der Waals surface area contributed by atoms with Gasteiger partial charge in [-0.2, -0.15) is 0 Å². The number of hydrogen-bond acceptors (Lipinski definition) is 1. The van der Waals surface area contributed by atoms with Gasteiger partial charge < -0.3 is 9.59 Å². The quantitative estimate of drug-likeness (QED) is 0.589. The topological polar surface area (TPSA) is 20.2 Å². The molecule has 0 heterocycles. The molecule has 0 aliphatic heterocycles. The van der Waals surface area contributed by atoms with Crippen molar-refractivity contribution >= 4 is 0 Å². The van der Waals surface area contributed by atoms with Gasteiger partial charge in [-0.3, -0.25) is 0 Å². The Morgan fingerprint density at radius 2 is 1.78 bits per heavy atom. The van der Waals surface area contributed by atoms with E-state index in [0.717, 1.165) is 43.4 Å². The van der Waals surface area contributed by atoms with Gasteiger partial charge in [-0.05, 0) is 53.4 Å². The van der Waals surface area contributed by atoms with Gasteiger partial charge in [0.25, 0.3) is 0 Å². The third-order valence-corrected chi connectivity index (χ3v) is 5.47. The third-order valence-electron chi connectivity index (χ3n) is 5.47. The van der Waals surface area contributed by atoms with Crippen molar-refractivity contribution in [2.24, 2.45) is 5.92 Å². The first kappa shape index (κ1) is 15.7. The van der Waals surface area contributed by atoms with E-state index in [9.17, 15) is 5.11 Å². The van der Waals surface area contributed by atoms with Crippen molar-refractivity contribution in [2.45, 2.75) is 65.5 Å². The molecule has 0 saturated heterocycles. The van der Waals surface area contributed by atoms with Gasteiger partial charge >= 0.3 is 0 Å². The molecule has 0 amide bonds. The summed E-state index contributed by atoms with van der Waals surface area (Å²) in [6.07, 6.45) is 3.10. The van der Waals surface area contributed by atoms with Crippen LogP contribution in [0, 0.1) is 5.92 Å². The van der Waals surface area contributed by atoms with Crippen LogP contribution in [-0.4, -0.2) is 40.9 Å². The van der Waals surface area contributed by atoms with Crippen LogP contribution in [0.4, 0.5) is 0 Å². The summed E-state index contributed by atoms with van der Waals surface area (Å²) in [6, 6.07) is 0.355. The summed E-state index contributed by atoms with van der Waals surface area (Å²) in [4.78, 5) is 0. The van der Waals surface area contributed by atoms with Crippen molar-refractivity contribution in [3.63, 3.8) is 0 Å². The first-order valence-electron chi connectivity index (χ1n) is 7.56. The second kappa shape index (κ2) is 5.75. The number of quaternary nitrogens is 1. The maximum absolute atomic E-state index is 10.8. The zero-order valence-corrected chi connectivity index (χ0v) is 13.0. The Morgan fingerprint density at radius 1 is 1.28 bits per heavy atom. The smallest absolute Gasteiger partial charge is 0.118 e. The van der Waals surface area contributed by atoms with E-state index in [1.807, 2.05) is 6.92 Å². The molecule has 0 aromatic carbocycles. The number of hydrogen-bond donors (Lipinski definition) is 1. The lowest BCUT2D eigenvalue weighted by molar-refractivity contribution is -0.954. The summed E-state index contributed by atoms with van der Waals surface area (Å²) in [6.45, 7) is 18.4. The molecule has 0 spiro atoms. The lowest BCUT2D eigenvalue weighted by Gasteiger charge is -2.52. The largest absolute Gasteiger partial charge is 0.384 e. The molecule has 1 fully saturated rings. The Kier molecular flexibility index (Phi) is 5.02. The molecule has 1 saturated carbocycles. The minimum Gasteiger partial charge on any atom is -0.384 e. The Morgan fingerprint density at radius 3 is 2.17 bits per heavy atom. The molecule has 0 aromatic rings. The average Bonchev–Trinajstić information content (AvgIpc) is 2.33. The molecule has 3 unspecified atom stereocenters. The van der Waals surface area contributed by atoms with E-state index in [4.69, 9.17) is 0 Å². The number of nitrogens with zero attached hydrogens (tertiary/aromatic N) is 1. The molecular formula is C16H32NO+. The minimum absolute atomic E-state index is 0.355. The Bertz CT molecular complexity index is 283. The van der Waals surface area contributed by atoms with E-state index in [1.54, 1.807) is 0 Å². The molecule has 3 atom stereocenters. The SMILES string of the molecule is C=C(C)C1CCC(C)(O)C([N+](CC)(CC)CC)C1. The standard InChI is InChI=1S/C16H32NO/c1-7-17(8-2,9-3)15-12-14(13(4)5)10-11-16(15,6)18/h14-15,18H,4,7-12H2,1-3,5-6H3/q+1. The second-order valence-electron chi connectivity index (χ2n) is 6.36. The van der Waals surface area contributed by atoms with Crippen LogP contribution in [0.1, 0.15) is 53.9 Å². The van der Waals surface area contributed by atoms with Gasteiger partial charge in [0.05, 0.1) is 19.6 Å². The van der Waals surface area contributed by atoms with E-state index in [0.29, 0.717) is 12.0 Å². The van der Waals surface area contributed by atoms with E-state index in [1.165, 1.54) is 5.57 Å². The number of allylic oxidation sites excluding steroid dienone is 1. The zero-order valence-electron chi connectivity index (χ0n) is 13.0. The van der Waals surface area contributed by atoms with Crippen molar-refractivity contribution < 1.29 is 9.59 Å². The van der Waals surface area contributed by atoms with Crippen molar-refractivity contribution in [3.05, 3.63) is 12.2 Å². The molecule has 0 bridgehead atoms. The van der Waals surface area contributed by atoms with Crippen molar-refractivity contribution in [1.29, 1.82) is 0 Å². The van der Waals surface area contributed by atoms with Crippen LogP contribution in [-0.2, 0) is 0 Å². The first-order valence-corrected chi connectivity index (χ1v) is 7.56. The molecule has 1 aliphatic rings. The highest BCUT2D eigenvalue weighted by molar-refractivity contribution is 5.03. The normalized spacial score (nSPS) is 33.4. The monoisotopic (exact) mass is 254 g/mol. The van der Waals surface area contributed by atoms with Gasteiger partial charge in [0.2, 0.25) is 0 Å². The molecule has 1 rings (SSSR count). The predicted molar refractivity (Wildman–Crippen MR) is 78.5 cm³/mol. The van der Waals surface area contributed by atoms with Crippen LogP contribution in [0.3, 0.4) is 0 Å². The predicted octanol–water partition coefficient (Wildman–Crippen LogP) is 3.36. The average molecular weight is 254 g/mol. The van der Waals surface area contributed by atoms with Crippen LogP contribution in [0.25, 0.3) is 0 Å². The minimum atomic E-state index is -0.520. The molecule has 0 radical (unpaired) electrons. The van der Waals surface area contributed by atoms with Gasteiger partial charge in [-0.25, -0.2) is 0 Å². The molecule has 1 N–H and O–H groups in total. The van der Waals surface area contributed by atoms with Crippen molar-refractivity contribution in [1.82, 2.24) is 0 Å². The highest BCUT2D eigenvalue weighted by Crippen LogP contribution is 2.40. The highest BCUT2D eigenvalue weighted by Gasteiger charge is 2.49. The number of likely N-dealkylation sites (N-methyl/N-ethyl adjacent to an activating group) is 1. The Hall–Kier alpha value is -0.340. The third kappa shape index (κ3) is 2.80. The lowest BCUT2D eigenvalue weighted by atomic mass is 9.72. The van der Waals surface area contributed by atoms with Crippen LogP contribution in [0.15, 0.2) is 12.2 Å². The zero-order chi connectivity index (χ0) is 14.0. The number of aliphatic hydroxyl groups is 1. The summed E-state index contributed by atoms with van der Waals surface area (Å²) in [5.74, 6) is 0.595. The van der Waals surface area contributed by atoms with Crippen molar-refractivity contribution in [2.75, 3.05) is 19.6 Å². The summed E-state index contributed by atoms with van der Waals surface area (Å²) in [7, 11) is 0. The van der Waals surface area contributed by atoms with Gasteiger partial charge in [0.1, 0.15) is 11.6 Å². The summed E-state index contributed by atoms with van der Waals surface area (Å²) in [5.41, 5.74) is 0.769. The molecule has 106 valence electrons. The second-order valence-corrected chi connectivity index (χ2v) is 6.36. The molecule has 0 aromatic heterocycles. The highest BCUT2D eigenvalue weighted by atomic mass is 16.3. The Labute approximate surface area is 113 Å². The maximum atomic E-state index is 10.8. The molecule has 2 heteroatoms. The van der Waals surface area contributed by atoms with Gasteiger partial charge in [-0.15, -0.1) is 0 Å². The van der Waals surface area contributed by atoms with E-state index in [-0.39, 0.29) is 0 Å².